The first kappa shape index (κ1) is 28.6. The lowest BCUT2D eigenvalue weighted by Crippen LogP contribution is -2.59. The van der Waals surface area contributed by atoms with E-state index in [1.165, 1.54) is 6.42 Å². The molecular weight excluding hydrogens is 528 g/mol. The Kier molecular flexibility index (Phi) is 7.96. The van der Waals surface area contributed by atoms with Gasteiger partial charge in [0.25, 0.3) is 0 Å². The van der Waals surface area contributed by atoms with Crippen LogP contribution in [0.2, 0.25) is 0 Å². The number of carbonyl (C=O) groups is 1. The van der Waals surface area contributed by atoms with Gasteiger partial charge < -0.3 is 19.3 Å². The van der Waals surface area contributed by atoms with E-state index >= 15 is 0 Å². The van der Waals surface area contributed by atoms with Crippen molar-refractivity contribution in [3.63, 3.8) is 0 Å². The van der Waals surface area contributed by atoms with Gasteiger partial charge in [0.2, 0.25) is 0 Å². The van der Waals surface area contributed by atoms with Gasteiger partial charge in [0.1, 0.15) is 11.8 Å². The van der Waals surface area contributed by atoms with Crippen molar-refractivity contribution in [1.29, 1.82) is 0 Å². The van der Waals surface area contributed by atoms with Gasteiger partial charge in [0, 0.05) is 49.1 Å². The Bertz CT molecular complexity index is 1380. The Balaban J connectivity index is 1.12. The summed E-state index contributed by atoms with van der Waals surface area (Å²) in [6, 6.07) is 11.3. The van der Waals surface area contributed by atoms with E-state index < -0.39 is 5.60 Å². The fourth-order valence-corrected chi connectivity index (χ4v) is 6.83. The molecule has 0 spiro atoms. The fraction of sp³-hybridized carbons (Fsp3) is 0.576. The lowest BCUT2D eigenvalue weighted by atomic mass is 9.81. The quantitative estimate of drug-likeness (QED) is 0.333. The molecule has 2 aromatic heterocycles. The third kappa shape index (κ3) is 6.02. The van der Waals surface area contributed by atoms with Gasteiger partial charge in [-0.1, -0.05) is 18.2 Å². The molecule has 0 N–H and O–H groups in total. The summed E-state index contributed by atoms with van der Waals surface area (Å²) in [6.07, 6.45) is 12.2. The Morgan fingerprint density at radius 1 is 1.00 bits per heavy atom. The highest BCUT2D eigenvalue weighted by Gasteiger charge is 2.43. The van der Waals surface area contributed by atoms with E-state index in [0.717, 1.165) is 85.3 Å². The molecule has 224 valence electrons. The zero-order valence-electron chi connectivity index (χ0n) is 25.6. The molecule has 1 aromatic carbocycles. The number of benzene rings is 1. The third-order valence-electron chi connectivity index (χ3n) is 9.00. The van der Waals surface area contributed by atoms with E-state index in [4.69, 9.17) is 9.47 Å². The van der Waals surface area contributed by atoms with Crippen LogP contribution in [-0.4, -0.2) is 68.4 Å². The minimum atomic E-state index is -0.484. The first-order valence-electron chi connectivity index (χ1n) is 15.5. The van der Waals surface area contributed by atoms with Crippen molar-refractivity contribution in [1.82, 2.24) is 24.9 Å². The van der Waals surface area contributed by atoms with Gasteiger partial charge in [-0.05, 0) is 102 Å². The number of aryl methyl sites for hydroxylation is 1. The summed E-state index contributed by atoms with van der Waals surface area (Å²) in [5, 5.41) is 13.9. The molecule has 3 aromatic rings. The van der Waals surface area contributed by atoms with E-state index in [2.05, 4.69) is 70.7 Å². The average molecular weight is 573 g/mol. The number of aromatic nitrogens is 4. The molecule has 2 bridgehead atoms. The lowest BCUT2D eigenvalue weighted by molar-refractivity contribution is -0.0394. The van der Waals surface area contributed by atoms with Gasteiger partial charge in [-0.2, -0.15) is 5.10 Å². The highest BCUT2D eigenvalue weighted by atomic mass is 16.6. The Labute approximate surface area is 249 Å². The zero-order chi connectivity index (χ0) is 29.4. The molecule has 5 heterocycles. The molecule has 3 aliphatic rings. The summed E-state index contributed by atoms with van der Waals surface area (Å²) in [7, 11) is 2.10. The number of ether oxygens (including phenoxy) is 2. The summed E-state index contributed by atoms with van der Waals surface area (Å²) in [5.74, 6) is 0.860. The Morgan fingerprint density at radius 3 is 2.43 bits per heavy atom. The van der Waals surface area contributed by atoms with Crippen LogP contribution in [0.25, 0.3) is 22.4 Å². The maximum atomic E-state index is 13.0. The van der Waals surface area contributed by atoms with Crippen molar-refractivity contribution in [2.24, 2.45) is 0 Å². The van der Waals surface area contributed by atoms with Crippen LogP contribution in [0.4, 0.5) is 10.6 Å². The number of amides is 1. The maximum Gasteiger partial charge on any atom is 0.410 e. The number of hydrogen-bond acceptors (Lipinski definition) is 7. The van der Waals surface area contributed by atoms with Crippen LogP contribution in [-0.2, 0) is 9.47 Å². The van der Waals surface area contributed by atoms with Gasteiger partial charge in [-0.15, -0.1) is 10.2 Å². The number of carbonyl (C=O) groups excluding carboxylic acids is 1. The minimum Gasteiger partial charge on any atom is -0.444 e. The molecular formula is C33H44N6O3. The first-order valence-corrected chi connectivity index (χ1v) is 15.5. The van der Waals surface area contributed by atoms with Gasteiger partial charge in [0.15, 0.2) is 5.82 Å². The molecule has 42 heavy (non-hydrogen) atoms. The number of rotatable bonds is 5. The molecule has 3 aliphatic heterocycles. The second kappa shape index (κ2) is 11.7. The Morgan fingerprint density at radius 2 is 1.79 bits per heavy atom. The van der Waals surface area contributed by atoms with Crippen molar-refractivity contribution in [3.8, 4) is 22.4 Å². The third-order valence-corrected chi connectivity index (χ3v) is 9.00. The average Bonchev–Trinajstić information content (AvgIpc) is 3.46. The monoisotopic (exact) mass is 572 g/mol. The summed E-state index contributed by atoms with van der Waals surface area (Å²) in [4.78, 5) is 17.3. The highest BCUT2D eigenvalue weighted by molar-refractivity contribution is 5.71. The predicted octanol–water partition coefficient (Wildman–Crippen LogP) is 6.77. The summed E-state index contributed by atoms with van der Waals surface area (Å²) in [5.41, 5.74) is 4.81. The zero-order valence-corrected chi connectivity index (χ0v) is 25.6. The summed E-state index contributed by atoms with van der Waals surface area (Å²) < 4.78 is 13.6. The van der Waals surface area contributed by atoms with Crippen LogP contribution in [0.3, 0.4) is 0 Å². The van der Waals surface area contributed by atoms with Crippen molar-refractivity contribution < 1.29 is 14.3 Å². The molecule has 0 radical (unpaired) electrons. The number of anilines is 1. The summed E-state index contributed by atoms with van der Waals surface area (Å²) in [6.45, 7) is 8.72. The molecule has 9 nitrogen and oxygen atoms in total. The molecule has 3 fully saturated rings. The van der Waals surface area contributed by atoms with Crippen LogP contribution in [0, 0.1) is 6.92 Å². The van der Waals surface area contributed by atoms with Crippen molar-refractivity contribution >= 4 is 11.9 Å². The van der Waals surface area contributed by atoms with E-state index in [-0.39, 0.29) is 24.4 Å². The van der Waals surface area contributed by atoms with Gasteiger partial charge >= 0.3 is 6.09 Å². The predicted molar refractivity (Wildman–Crippen MR) is 163 cm³/mol. The largest absolute Gasteiger partial charge is 0.444 e. The van der Waals surface area contributed by atoms with Crippen molar-refractivity contribution in [2.75, 3.05) is 18.6 Å². The van der Waals surface area contributed by atoms with E-state index in [0.29, 0.717) is 6.04 Å². The number of fused-ring (bicyclic) bond motifs is 2. The molecule has 1 amide bonds. The lowest BCUT2D eigenvalue weighted by Gasteiger charge is -2.50. The van der Waals surface area contributed by atoms with Crippen LogP contribution in [0.1, 0.15) is 83.9 Å². The van der Waals surface area contributed by atoms with Crippen LogP contribution in [0.15, 0.2) is 42.7 Å². The molecule has 2 unspecified atom stereocenters. The maximum absolute atomic E-state index is 13.0. The molecule has 0 aliphatic carbocycles. The van der Waals surface area contributed by atoms with Gasteiger partial charge in [-0.25, -0.2) is 9.48 Å². The van der Waals surface area contributed by atoms with Crippen molar-refractivity contribution in [2.45, 2.75) is 109 Å². The Hall–Kier alpha value is -3.46. The van der Waals surface area contributed by atoms with Crippen molar-refractivity contribution in [3.05, 3.63) is 48.3 Å². The molecule has 6 rings (SSSR count). The SMILES string of the molecule is Cc1cc(-c2cnn(C3CCCCO3)c2)ccc1-c1ccc(N(C)C2C[C@H]3CCC[C@@H](C2)N3C(=O)OC(C)(C)C)nn1. The molecule has 0 saturated carbocycles. The fourth-order valence-electron chi connectivity index (χ4n) is 6.83. The van der Waals surface area contributed by atoms with E-state index in [9.17, 15) is 4.79 Å². The smallest absolute Gasteiger partial charge is 0.410 e. The van der Waals surface area contributed by atoms with E-state index in [1.807, 2.05) is 36.5 Å². The van der Waals surface area contributed by atoms with E-state index in [1.54, 1.807) is 0 Å². The number of piperidine rings is 2. The topological polar surface area (TPSA) is 85.6 Å². The number of nitrogens with zero attached hydrogens (tertiary/aromatic N) is 6. The molecule has 3 saturated heterocycles. The molecule has 9 heteroatoms. The number of hydrogen-bond donors (Lipinski definition) is 0. The van der Waals surface area contributed by atoms with Crippen LogP contribution >= 0.6 is 0 Å². The highest BCUT2D eigenvalue weighted by Crippen LogP contribution is 2.38. The van der Waals surface area contributed by atoms with Crippen LogP contribution < -0.4 is 4.90 Å². The van der Waals surface area contributed by atoms with Gasteiger partial charge in [0.05, 0.1) is 11.9 Å². The first-order chi connectivity index (χ1) is 20.2. The standard InChI is InChI=1S/C33H44N6O3/c1-22-17-23(24-20-34-38(21-24)31-11-6-7-16-41-31)12-13-28(22)29-14-15-30(36-35-29)37(5)27-18-25-9-8-10-26(19-27)39(25)32(40)42-33(2,3)4/h12-15,17,20-21,25-27,31H,6-11,16,18-19H2,1-5H3/t25-,26+,27?,31?. The van der Waals surface area contributed by atoms with Gasteiger partial charge in [-0.3, -0.25) is 0 Å². The minimum absolute atomic E-state index is 0.0388. The van der Waals surface area contributed by atoms with Crippen LogP contribution in [0.5, 0.6) is 0 Å². The molecule has 4 atom stereocenters. The summed E-state index contributed by atoms with van der Waals surface area (Å²) >= 11 is 0. The second-order valence-electron chi connectivity index (χ2n) is 13.2. The normalized spacial score (nSPS) is 24.4. The second-order valence-corrected chi connectivity index (χ2v) is 13.2.